The lowest BCUT2D eigenvalue weighted by Crippen LogP contribution is -2.10. The third-order valence-corrected chi connectivity index (χ3v) is 12.3. The van der Waals surface area contributed by atoms with Crippen LogP contribution < -0.4 is 4.90 Å². The Morgan fingerprint density at radius 3 is 0.873 bits per heavy atom. The summed E-state index contributed by atoms with van der Waals surface area (Å²) in [6, 6.07) is 94.7. The molecule has 0 amide bonds. The number of hydrogen-bond donors (Lipinski definition) is 0. The molecule has 0 spiro atoms. The maximum atomic E-state index is 2.41. The molecular weight excluding hydrogens is 759 g/mol. The highest BCUT2D eigenvalue weighted by Gasteiger charge is 2.18. The molecule has 0 atom stereocenters. The van der Waals surface area contributed by atoms with Gasteiger partial charge in [0, 0.05) is 17.1 Å². The number of hydrogen-bond acceptors (Lipinski definition) is 1. The van der Waals surface area contributed by atoms with Crippen LogP contribution in [0.25, 0.3) is 88.3 Å². The van der Waals surface area contributed by atoms with Gasteiger partial charge in [0.1, 0.15) is 0 Å². The minimum Gasteiger partial charge on any atom is -0.310 e. The van der Waals surface area contributed by atoms with Crippen molar-refractivity contribution >= 4 is 38.6 Å². The van der Waals surface area contributed by atoms with Gasteiger partial charge in [-0.3, -0.25) is 0 Å². The highest BCUT2D eigenvalue weighted by Crippen LogP contribution is 2.43. The van der Waals surface area contributed by atoms with Crippen molar-refractivity contribution in [3.8, 4) is 66.8 Å². The summed E-state index contributed by atoms with van der Waals surface area (Å²) in [6.07, 6.45) is 0. The summed E-state index contributed by atoms with van der Waals surface area (Å²) < 4.78 is 0. The molecule has 0 fully saturated rings. The number of nitrogens with zero attached hydrogens (tertiary/aromatic N) is 1. The predicted octanol–water partition coefficient (Wildman–Crippen LogP) is 17.5. The number of fused-ring (bicyclic) bond motifs is 2. The molecule has 0 aliphatic rings. The Morgan fingerprint density at radius 1 is 0.190 bits per heavy atom. The van der Waals surface area contributed by atoms with Crippen molar-refractivity contribution in [2.45, 2.75) is 0 Å². The number of rotatable bonds is 9. The van der Waals surface area contributed by atoms with E-state index < -0.39 is 0 Å². The van der Waals surface area contributed by atoms with Crippen LogP contribution in [0.5, 0.6) is 0 Å². The van der Waals surface area contributed by atoms with Gasteiger partial charge in [-0.05, 0) is 131 Å². The molecule has 0 saturated carbocycles. The molecule has 11 rings (SSSR count). The molecule has 0 aromatic heterocycles. The molecule has 296 valence electrons. The van der Waals surface area contributed by atoms with Crippen molar-refractivity contribution in [1.29, 1.82) is 0 Å². The Morgan fingerprint density at radius 2 is 0.492 bits per heavy atom. The maximum Gasteiger partial charge on any atom is 0.0473 e. The third-order valence-electron chi connectivity index (χ3n) is 12.3. The van der Waals surface area contributed by atoms with Crippen LogP contribution >= 0.6 is 0 Å². The Hall–Kier alpha value is -8.26. The van der Waals surface area contributed by atoms with Crippen molar-refractivity contribution in [2.24, 2.45) is 0 Å². The van der Waals surface area contributed by atoms with Crippen molar-refractivity contribution in [1.82, 2.24) is 0 Å². The van der Waals surface area contributed by atoms with E-state index in [-0.39, 0.29) is 0 Å². The van der Waals surface area contributed by atoms with Gasteiger partial charge in [-0.15, -0.1) is 0 Å². The van der Waals surface area contributed by atoms with Crippen LogP contribution in [0.1, 0.15) is 0 Å². The second-order valence-electron chi connectivity index (χ2n) is 16.1. The Bertz CT molecular complexity index is 3100. The Kier molecular flexibility index (Phi) is 9.97. The highest BCUT2D eigenvalue weighted by atomic mass is 15.1. The van der Waals surface area contributed by atoms with E-state index in [4.69, 9.17) is 0 Å². The molecule has 11 aromatic carbocycles. The summed E-state index contributed by atoms with van der Waals surface area (Å²) in [7, 11) is 0. The molecule has 1 heteroatoms. The second kappa shape index (κ2) is 16.7. The van der Waals surface area contributed by atoms with Gasteiger partial charge in [0.25, 0.3) is 0 Å². The van der Waals surface area contributed by atoms with Gasteiger partial charge in [-0.25, -0.2) is 0 Å². The Labute approximate surface area is 369 Å². The van der Waals surface area contributed by atoms with Gasteiger partial charge in [-0.2, -0.15) is 0 Å². The van der Waals surface area contributed by atoms with Crippen LogP contribution in [0, 0.1) is 0 Å². The predicted molar refractivity (Wildman–Crippen MR) is 269 cm³/mol. The van der Waals surface area contributed by atoms with Gasteiger partial charge in [0.15, 0.2) is 0 Å². The van der Waals surface area contributed by atoms with E-state index in [1.165, 1.54) is 88.3 Å². The molecule has 1 nitrogen and oxygen atoms in total. The van der Waals surface area contributed by atoms with Crippen molar-refractivity contribution in [3.63, 3.8) is 0 Å². The van der Waals surface area contributed by atoms with Crippen LogP contribution in [0.15, 0.2) is 261 Å². The minimum atomic E-state index is 1.08. The number of benzene rings is 11. The van der Waals surface area contributed by atoms with E-state index >= 15 is 0 Å². The summed E-state index contributed by atoms with van der Waals surface area (Å²) in [4.78, 5) is 2.41. The largest absolute Gasteiger partial charge is 0.310 e. The van der Waals surface area contributed by atoms with Crippen LogP contribution in [-0.4, -0.2) is 0 Å². The van der Waals surface area contributed by atoms with Gasteiger partial charge in [0.2, 0.25) is 0 Å². The summed E-state index contributed by atoms with van der Waals surface area (Å²) in [5, 5.41) is 4.92. The first-order chi connectivity index (χ1) is 31.2. The lowest BCUT2D eigenvalue weighted by molar-refractivity contribution is 1.28. The average molecular weight is 802 g/mol. The first-order valence-corrected chi connectivity index (χ1v) is 21.7. The van der Waals surface area contributed by atoms with Crippen LogP contribution in [0.3, 0.4) is 0 Å². The first kappa shape index (κ1) is 37.7. The normalized spacial score (nSPS) is 11.2. The zero-order valence-corrected chi connectivity index (χ0v) is 34.8. The summed E-state index contributed by atoms with van der Waals surface area (Å²) in [5.41, 5.74) is 17.6. The molecule has 0 N–H and O–H groups in total. The van der Waals surface area contributed by atoms with Crippen molar-refractivity contribution < 1.29 is 0 Å². The molecule has 0 bridgehead atoms. The molecule has 0 saturated heterocycles. The lowest BCUT2D eigenvalue weighted by Gasteiger charge is -2.27. The fraction of sp³-hybridized carbons (Fsp3) is 0. The lowest BCUT2D eigenvalue weighted by atomic mass is 9.92. The number of anilines is 3. The summed E-state index contributed by atoms with van der Waals surface area (Å²) in [5.74, 6) is 0. The molecule has 0 radical (unpaired) electrons. The van der Waals surface area contributed by atoms with Gasteiger partial charge < -0.3 is 4.90 Å². The van der Waals surface area contributed by atoms with Gasteiger partial charge in [-0.1, -0.05) is 218 Å². The van der Waals surface area contributed by atoms with E-state index in [0.717, 1.165) is 17.1 Å². The van der Waals surface area contributed by atoms with E-state index in [1.807, 2.05) is 0 Å². The molecule has 0 aliphatic heterocycles. The highest BCUT2D eigenvalue weighted by molar-refractivity contribution is 6.02. The third kappa shape index (κ3) is 7.58. The van der Waals surface area contributed by atoms with Crippen molar-refractivity contribution in [2.75, 3.05) is 4.90 Å². The Balaban J connectivity index is 1.05. The second-order valence-corrected chi connectivity index (χ2v) is 16.1. The zero-order valence-electron chi connectivity index (χ0n) is 34.8. The fourth-order valence-electron chi connectivity index (χ4n) is 9.03. The van der Waals surface area contributed by atoms with Crippen LogP contribution in [-0.2, 0) is 0 Å². The van der Waals surface area contributed by atoms with Crippen LogP contribution in [0.4, 0.5) is 17.1 Å². The molecular formula is C62H43N. The van der Waals surface area contributed by atoms with E-state index in [2.05, 4.69) is 266 Å². The maximum absolute atomic E-state index is 2.41. The first-order valence-electron chi connectivity index (χ1n) is 21.7. The van der Waals surface area contributed by atoms with Gasteiger partial charge in [0.05, 0.1) is 0 Å². The molecule has 0 aliphatic carbocycles. The fourth-order valence-corrected chi connectivity index (χ4v) is 9.03. The van der Waals surface area contributed by atoms with E-state index in [0.29, 0.717) is 0 Å². The summed E-state index contributed by atoms with van der Waals surface area (Å²) >= 11 is 0. The van der Waals surface area contributed by atoms with Gasteiger partial charge >= 0.3 is 0 Å². The average Bonchev–Trinajstić information content (AvgIpc) is 3.37. The summed E-state index contributed by atoms with van der Waals surface area (Å²) in [6.45, 7) is 0. The van der Waals surface area contributed by atoms with E-state index in [9.17, 15) is 0 Å². The molecule has 0 unspecified atom stereocenters. The SMILES string of the molecule is c1ccc(-c2ccc(-c3ccc(N(c4ccc(-c5ccc(-c6ccccc6)cc5)cc4)c4cc(-c5cccc6ccccc56)cc(-c5cccc6ccccc56)c4)cc3)cc2)cc1. The van der Waals surface area contributed by atoms with Crippen LogP contribution in [0.2, 0.25) is 0 Å². The minimum absolute atomic E-state index is 1.08. The molecule has 63 heavy (non-hydrogen) atoms. The molecule has 11 aromatic rings. The smallest absolute Gasteiger partial charge is 0.0473 e. The quantitative estimate of drug-likeness (QED) is 0.141. The van der Waals surface area contributed by atoms with Crippen molar-refractivity contribution in [3.05, 3.63) is 261 Å². The zero-order chi connectivity index (χ0) is 42.0. The topological polar surface area (TPSA) is 3.24 Å². The van der Waals surface area contributed by atoms with E-state index in [1.54, 1.807) is 0 Å². The standard InChI is InChI=1S/C62H43N/c1-3-13-44(14-4-1)46-25-29-48(30-26-46)50-33-37-56(38-34-50)63(57-39-35-51(36-40-57)49-31-27-47(28-32-49)45-15-5-2-6-16-45)58-42-54(61-23-11-19-52-17-7-9-21-59(52)61)41-55(43-58)62-24-12-20-53-18-8-10-22-60(53)62/h1-43H. The molecule has 0 heterocycles. The monoisotopic (exact) mass is 801 g/mol.